The van der Waals surface area contributed by atoms with Gasteiger partial charge in [-0.1, -0.05) is 51.8 Å². The molecule has 2 bridgehead atoms. The van der Waals surface area contributed by atoms with Crippen LogP contribution in [0, 0.1) is 28.6 Å². The molecular weight excluding hydrogens is 840 g/mol. The molecule has 350 valence electrons. The molecule has 1 aromatic carbocycles. The number of Topliss-reactive ketones (excluding diaryl/α,β-unsaturated/α-hetero) is 1. The number of nitrogens with zero attached hydrogens (tertiary/aromatic N) is 3. The molecule has 64 heavy (non-hydrogen) atoms. The third-order valence-electron chi connectivity index (χ3n) is 15.0. The molecule has 1 unspecified atom stereocenters. The van der Waals surface area contributed by atoms with Gasteiger partial charge >= 0.3 is 5.97 Å². The number of alkyl halides is 1. The molecule has 0 spiro atoms. The zero-order valence-electron chi connectivity index (χ0n) is 38.1. The van der Waals surface area contributed by atoms with Gasteiger partial charge in [-0.3, -0.25) is 23.9 Å². The van der Waals surface area contributed by atoms with E-state index in [2.05, 4.69) is 16.2 Å². The van der Waals surface area contributed by atoms with Crippen LogP contribution in [0.2, 0.25) is 0 Å². The molecule has 8 rings (SSSR count). The van der Waals surface area contributed by atoms with Gasteiger partial charge < -0.3 is 24.0 Å². The fourth-order valence-corrected chi connectivity index (χ4v) is 11.6. The molecule has 4 heterocycles. The van der Waals surface area contributed by atoms with Gasteiger partial charge in [-0.15, -0.1) is 6.58 Å². The van der Waals surface area contributed by atoms with E-state index in [0.717, 1.165) is 62.6 Å². The number of hydrogen-bond acceptors (Lipinski definition) is 11. The average molecular weight is 907 g/mol. The zero-order chi connectivity index (χ0) is 45.6. The normalized spacial score (nSPS) is 31.0. The largest absolute Gasteiger partial charge is 0.492 e. The van der Waals surface area contributed by atoms with Crippen LogP contribution in [-0.2, 0) is 40.4 Å². The Morgan fingerprint density at radius 2 is 1.84 bits per heavy atom. The Balaban J connectivity index is 1.11. The van der Waals surface area contributed by atoms with Crippen molar-refractivity contribution in [3.05, 3.63) is 42.5 Å². The van der Waals surface area contributed by atoms with Gasteiger partial charge in [0, 0.05) is 31.3 Å². The Bertz CT molecular complexity index is 2240. The molecule has 3 aliphatic carbocycles. The number of aromatic nitrogens is 1. The van der Waals surface area contributed by atoms with Crippen molar-refractivity contribution in [2.24, 2.45) is 28.6 Å². The SMILES string of the molecule is C=C[C@@H]1C[C@]1(CC(=O)[C@@H]1C[C@@H]2CN1C(=O)[C@H](C(C)(C)C)CC(=O)O[C@@H]1C[C@H]1CCCCCc1c(nc3ccccc3c1OCCCN1CCCC(F)C1)O2)C(=O)NS(=O)(=O)C1(C)CC1. The maximum Gasteiger partial charge on any atom is 0.306 e. The molecular formula is C49H67FN4O9S. The number of sulfonamides is 1. The van der Waals surface area contributed by atoms with Crippen LogP contribution >= 0.6 is 0 Å². The number of amides is 2. The third kappa shape index (κ3) is 10.00. The van der Waals surface area contributed by atoms with Crippen LogP contribution in [0.5, 0.6) is 11.6 Å². The second-order valence-electron chi connectivity index (χ2n) is 20.9. The van der Waals surface area contributed by atoms with Crippen LogP contribution < -0.4 is 14.2 Å². The molecule has 1 aromatic heterocycles. The van der Waals surface area contributed by atoms with Gasteiger partial charge in [0.1, 0.15) is 24.1 Å². The lowest BCUT2D eigenvalue weighted by Gasteiger charge is -2.34. The maximum atomic E-state index is 15.0. The number of likely N-dealkylation sites (tertiary alicyclic amines) is 1. The molecule has 6 aliphatic rings. The molecule has 3 aliphatic heterocycles. The van der Waals surface area contributed by atoms with E-state index < -0.39 is 67.6 Å². The highest BCUT2D eigenvalue weighted by Crippen LogP contribution is 2.57. The lowest BCUT2D eigenvalue weighted by molar-refractivity contribution is -0.154. The number of hydrogen-bond donors (Lipinski definition) is 1. The number of para-hydroxylation sites is 1. The maximum absolute atomic E-state index is 15.0. The van der Waals surface area contributed by atoms with E-state index >= 15 is 0 Å². The second kappa shape index (κ2) is 18.3. The van der Waals surface area contributed by atoms with Crippen LogP contribution in [0.4, 0.5) is 4.39 Å². The number of ether oxygens (including phenoxy) is 3. The minimum Gasteiger partial charge on any atom is -0.492 e. The smallest absolute Gasteiger partial charge is 0.306 e. The number of benzene rings is 1. The highest BCUT2D eigenvalue weighted by Gasteiger charge is 2.62. The van der Waals surface area contributed by atoms with Gasteiger partial charge in [0.15, 0.2) is 5.78 Å². The number of rotatable bonds is 12. The van der Waals surface area contributed by atoms with Crippen molar-refractivity contribution in [1.29, 1.82) is 0 Å². The molecule has 13 nitrogen and oxygen atoms in total. The molecule has 0 radical (unpaired) electrons. The molecule has 3 saturated carbocycles. The predicted molar refractivity (Wildman–Crippen MR) is 240 cm³/mol. The summed E-state index contributed by atoms with van der Waals surface area (Å²) in [6.07, 6.45) is 7.89. The summed E-state index contributed by atoms with van der Waals surface area (Å²) in [6.45, 7) is 13.6. The summed E-state index contributed by atoms with van der Waals surface area (Å²) in [5.74, 6) is -1.87. The first-order valence-electron chi connectivity index (χ1n) is 23.7. The summed E-state index contributed by atoms with van der Waals surface area (Å²) >= 11 is 0. The second-order valence-corrected chi connectivity index (χ2v) is 23.1. The molecule has 1 N–H and O–H groups in total. The third-order valence-corrected chi connectivity index (χ3v) is 17.1. The number of esters is 1. The number of halogens is 1. The number of ketones is 1. The van der Waals surface area contributed by atoms with Gasteiger partial charge in [-0.2, -0.15) is 0 Å². The van der Waals surface area contributed by atoms with Gasteiger partial charge in [0.25, 0.3) is 0 Å². The summed E-state index contributed by atoms with van der Waals surface area (Å²) < 4.78 is 61.4. The minimum absolute atomic E-state index is 0.0217. The van der Waals surface area contributed by atoms with E-state index in [4.69, 9.17) is 19.2 Å². The van der Waals surface area contributed by atoms with Crippen LogP contribution in [0.1, 0.15) is 123 Å². The molecule has 2 amide bonds. The highest BCUT2D eigenvalue weighted by atomic mass is 32.2. The zero-order valence-corrected chi connectivity index (χ0v) is 38.9. The topological polar surface area (TPSA) is 162 Å². The number of carbonyl (C=O) groups excluding carboxylic acids is 4. The number of allylic oxidation sites excluding steroid dienone is 1. The first-order valence-corrected chi connectivity index (χ1v) is 25.2. The van der Waals surface area contributed by atoms with Crippen LogP contribution in [0.25, 0.3) is 10.9 Å². The molecule has 15 heteroatoms. The summed E-state index contributed by atoms with van der Waals surface area (Å²) in [5.41, 5.74) is -0.530. The van der Waals surface area contributed by atoms with Gasteiger partial charge in [0.05, 0.1) is 52.8 Å². The number of carbonyl (C=O) groups is 4. The Labute approximate surface area is 377 Å². The van der Waals surface area contributed by atoms with E-state index in [1.54, 1.807) is 13.0 Å². The summed E-state index contributed by atoms with van der Waals surface area (Å²) in [5, 5.41) is 0.850. The molecule has 5 fully saturated rings. The van der Waals surface area contributed by atoms with Crippen molar-refractivity contribution in [3.8, 4) is 11.6 Å². The van der Waals surface area contributed by atoms with Crippen molar-refractivity contribution >= 4 is 44.5 Å². The Morgan fingerprint density at radius 3 is 2.56 bits per heavy atom. The van der Waals surface area contributed by atoms with Crippen molar-refractivity contribution in [2.75, 3.05) is 32.8 Å². The van der Waals surface area contributed by atoms with E-state index in [-0.39, 0.29) is 55.9 Å². The highest BCUT2D eigenvalue weighted by molar-refractivity contribution is 7.91. The van der Waals surface area contributed by atoms with Gasteiger partial charge in [-0.05, 0) is 107 Å². The first-order chi connectivity index (χ1) is 30.4. The van der Waals surface area contributed by atoms with E-state index in [0.29, 0.717) is 62.4 Å². The van der Waals surface area contributed by atoms with Crippen LogP contribution in [0.15, 0.2) is 36.9 Å². The lowest BCUT2D eigenvalue weighted by Crippen LogP contribution is -2.49. The Hall–Kier alpha value is -4.11. The molecule has 8 atom stereocenters. The fraction of sp³-hybridized carbons (Fsp3) is 0.694. The van der Waals surface area contributed by atoms with Crippen molar-refractivity contribution in [2.45, 2.75) is 153 Å². The van der Waals surface area contributed by atoms with Crippen LogP contribution in [-0.4, -0.2) is 109 Å². The number of piperidine rings is 1. The summed E-state index contributed by atoms with van der Waals surface area (Å²) in [7, 11) is -3.98. The van der Waals surface area contributed by atoms with Gasteiger partial charge in [0.2, 0.25) is 27.7 Å². The average Bonchev–Trinajstić information content (AvgIpc) is 4.20. The minimum atomic E-state index is -3.98. The molecule has 2 saturated heterocycles. The van der Waals surface area contributed by atoms with E-state index in [1.165, 1.54) is 4.90 Å². The number of fused-ring (bicyclic) bond motifs is 5. The van der Waals surface area contributed by atoms with Crippen molar-refractivity contribution in [1.82, 2.24) is 19.5 Å². The summed E-state index contributed by atoms with van der Waals surface area (Å²) in [4.78, 5) is 65.9. The van der Waals surface area contributed by atoms with E-state index in [1.807, 2.05) is 45.0 Å². The lowest BCUT2D eigenvalue weighted by atomic mass is 9.77. The predicted octanol–water partition coefficient (Wildman–Crippen LogP) is 7.04. The van der Waals surface area contributed by atoms with Crippen LogP contribution in [0.3, 0.4) is 0 Å². The Morgan fingerprint density at radius 1 is 1.06 bits per heavy atom. The van der Waals surface area contributed by atoms with E-state index in [9.17, 15) is 32.0 Å². The number of nitrogens with one attached hydrogen (secondary N) is 1. The standard InChI is InChI=1S/C49H67FN4O9S/c1-6-32-27-49(32,46(58)52-64(59,60)48(5)19-20-48)28-40(55)39-25-34-30-54(39)45(57)37(47(2,3)4)26-42(56)63-41-24-31(41)14-8-7-9-17-36-43(35-16-10-11-18-38(35)51-44(36)62-34)61-23-13-22-53-21-12-15-33(50)29-53/h6,10-11,16,18,31-34,37,39,41H,1,7-9,12-15,17,19-30H2,2-5H3,(H,52,58)/t31-,32-,33?,34-,37-,39+,41-,49-/m1/s1. The number of pyridine rings is 1. The summed E-state index contributed by atoms with van der Waals surface area (Å²) in [6, 6.07) is 6.72. The monoisotopic (exact) mass is 906 g/mol. The fourth-order valence-electron chi connectivity index (χ4n) is 10.2. The Kier molecular flexibility index (Phi) is 13.3. The molecule has 2 aromatic rings. The van der Waals surface area contributed by atoms with Crippen molar-refractivity contribution in [3.63, 3.8) is 0 Å². The first kappa shape index (κ1) is 46.4. The quantitative estimate of drug-likeness (QED) is 0.132. The van der Waals surface area contributed by atoms with Crippen molar-refractivity contribution < 1.29 is 46.2 Å². The van der Waals surface area contributed by atoms with Gasteiger partial charge in [-0.25, -0.2) is 17.8 Å².